The molecule has 52 heavy (non-hydrogen) atoms. The molecule has 0 bridgehead atoms. The monoisotopic (exact) mass is 679 g/mol. The highest BCUT2D eigenvalue weighted by atomic mass is 14.9. The number of anilines is 1. The average Bonchev–Trinajstić information content (AvgIpc) is 3.92. The zero-order chi connectivity index (χ0) is 35.6. The molecule has 0 saturated carbocycles. The van der Waals surface area contributed by atoms with Gasteiger partial charge in [-0.15, -0.1) is 0 Å². The van der Waals surface area contributed by atoms with Crippen molar-refractivity contribution in [1.29, 1.82) is 0 Å². The van der Waals surface area contributed by atoms with Gasteiger partial charge >= 0.3 is 0 Å². The van der Waals surface area contributed by atoms with E-state index in [0.29, 0.717) is 5.69 Å². The first kappa shape index (κ1) is 32.3. The van der Waals surface area contributed by atoms with Crippen molar-refractivity contribution in [3.63, 3.8) is 0 Å². The molecule has 9 rings (SSSR count). The van der Waals surface area contributed by atoms with Crippen LogP contribution in [0.1, 0.15) is 25.2 Å². The summed E-state index contributed by atoms with van der Waals surface area (Å²) in [6.07, 6.45) is 4.49. The summed E-state index contributed by atoms with van der Waals surface area (Å²) in [6.45, 7) is 6.00. The first-order chi connectivity index (χ1) is 25.4. The zero-order valence-electron chi connectivity index (χ0n) is 29.1. The van der Waals surface area contributed by atoms with E-state index in [4.69, 9.17) is 10.7 Å². The number of pyridine rings is 1. The van der Waals surface area contributed by atoms with E-state index in [0.717, 1.165) is 96.2 Å². The van der Waals surface area contributed by atoms with Gasteiger partial charge in [-0.25, -0.2) is 15.0 Å². The van der Waals surface area contributed by atoms with Crippen LogP contribution in [0.2, 0.25) is 0 Å². The fourth-order valence-corrected chi connectivity index (χ4v) is 6.24. The van der Waals surface area contributed by atoms with Gasteiger partial charge < -0.3 is 20.7 Å². The molecule has 254 valence electrons. The maximum atomic E-state index is 6.11. The summed E-state index contributed by atoms with van der Waals surface area (Å²) >= 11 is 0. The van der Waals surface area contributed by atoms with Gasteiger partial charge in [0, 0.05) is 24.4 Å². The number of aliphatic imine (C=N–C) groups is 1. The van der Waals surface area contributed by atoms with Gasteiger partial charge in [-0.3, -0.25) is 9.98 Å². The van der Waals surface area contributed by atoms with Gasteiger partial charge in [-0.05, 0) is 96.3 Å². The molecule has 5 aromatic carbocycles. The predicted octanol–water partition coefficient (Wildman–Crippen LogP) is 10.2. The van der Waals surface area contributed by atoms with Crippen molar-refractivity contribution in [2.75, 3.05) is 5.73 Å². The van der Waals surface area contributed by atoms with Crippen LogP contribution in [0.4, 0.5) is 11.4 Å². The molecule has 0 aliphatic rings. The van der Waals surface area contributed by atoms with Crippen LogP contribution in [0.5, 0.6) is 0 Å². The summed E-state index contributed by atoms with van der Waals surface area (Å²) in [7, 11) is 0. The molecule has 0 radical (unpaired) electrons. The number of aromatic nitrogens is 7. The number of aryl methyl sites for hydroxylation is 2. The average molecular weight is 680 g/mol. The van der Waals surface area contributed by atoms with E-state index in [1.165, 1.54) is 5.56 Å². The summed E-state index contributed by atoms with van der Waals surface area (Å²) in [5.41, 5.74) is 21.0. The first-order valence-corrected chi connectivity index (χ1v) is 17.3. The molecule has 4 aromatic heterocycles. The molecule has 0 unspecified atom stereocenters. The van der Waals surface area contributed by atoms with Gasteiger partial charge in [-0.1, -0.05) is 67.6 Å². The summed E-state index contributed by atoms with van der Waals surface area (Å²) in [5.74, 6) is 2.69. The lowest BCUT2D eigenvalue weighted by molar-refractivity contribution is 1.00. The third kappa shape index (κ3) is 6.55. The normalized spacial score (nSPS) is 11.4. The number of hydrogen-bond acceptors (Lipinski definition) is 6. The fourth-order valence-electron chi connectivity index (χ4n) is 6.24. The molecule has 0 fully saturated rings. The number of rotatable bonds is 6. The number of aromatic amines is 3. The molecule has 4 heterocycles. The van der Waals surface area contributed by atoms with E-state index < -0.39 is 0 Å². The summed E-state index contributed by atoms with van der Waals surface area (Å²) in [4.78, 5) is 32.8. The molecule has 0 amide bonds. The van der Waals surface area contributed by atoms with Crippen molar-refractivity contribution in [2.24, 2.45) is 4.99 Å². The molecular formula is C43H37N9. The van der Waals surface area contributed by atoms with Gasteiger partial charge in [0.15, 0.2) is 5.82 Å². The first-order valence-electron chi connectivity index (χ1n) is 17.3. The van der Waals surface area contributed by atoms with Crippen LogP contribution in [0.3, 0.4) is 0 Å². The molecule has 0 atom stereocenters. The van der Waals surface area contributed by atoms with Gasteiger partial charge in [-0.2, -0.15) is 0 Å². The Labute approximate surface area is 300 Å². The van der Waals surface area contributed by atoms with Crippen molar-refractivity contribution < 1.29 is 0 Å². The largest absolute Gasteiger partial charge is 0.397 e. The van der Waals surface area contributed by atoms with Crippen LogP contribution in [-0.4, -0.2) is 41.1 Å². The van der Waals surface area contributed by atoms with E-state index in [2.05, 4.69) is 96.4 Å². The Morgan fingerprint density at radius 1 is 0.615 bits per heavy atom. The number of H-pyrrole nitrogens is 3. The van der Waals surface area contributed by atoms with Crippen molar-refractivity contribution in [2.45, 2.75) is 27.2 Å². The highest BCUT2D eigenvalue weighted by Gasteiger charge is 2.10. The quantitative estimate of drug-likeness (QED) is 0.102. The molecule has 0 aliphatic heterocycles. The number of hydrogen-bond donors (Lipinski definition) is 4. The standard InChI is InChI=1S/C22H18N4.C21H19N5/c1-2-21-23-17-10-8-15(12-19(17)24-21)16-9-11-18-20(13-16)26-22(25-18)14-6-4-3-5-7-14;1-3-23-17-8-5-14(10-16(17)22)15-6-9-18-20(11-15)26-21(25-18)19-7-4-13(2)12-24-19/h3-13H,2H2,1H3,(H,23,24)(H,25,26);3-12H,22H2,1-2H3,(H,25,26). The number of nitrogens with two attached hydrogens (primary N) is 1. The third-order valence-electron chi connectivity index (χ3n) is 8.99. The Balaban J connectivity index is 0.000000149. The second kappa shape index (κ2) is 13.8. The number of nitrogens with one attached hydrogen (secondary N) is 3. The van der Waals surface area contributed by atoms with Gasteiger partial charge in [0.05, 0.1) is 44.5 Å². The lowest BCUT2D eigenvalue weighted by atomic mass is 10.0. The van der Waals surface area contributed by atoms with Gasteiger partial charge in [0.1, 0.15) is 17.3 Å². The minimum Gasteiger partial charge on any atom is -0.397 e. The minimum atomic E-state index is 0.662. The minimum absolute atomic E-state index is 0.662. The number of benzene rings is 5. The van der Waals surface area contributed by atoms with Crippen molar-refractivity contribution >= 4 is 50.7 Å². The lowest BCUT2D eigenvalue weighted by Crippen LogP contribution is -1.87. The second-order valence-electron chi connectivity index (χ2n) is 12.7. The number of nitrogen functional groups attached to an aromatic ring is 1. The third-order valence-corrected chi connectivity index (χ3v) is 8.99. The number of fused-ring (bicyclic) bond motifs is 3. The summed E-state index contributed by atoms with van der Waals surface area (Å²) < 4.78 is 0. The van der Waals surface area contributed by atoms with Crippen molar-refractivity contribution in [1.82, 2.24) is 34.9 Å². The van der Waals surface area contributed by atoms with Crippen LogP contribution in [0, 0.1) is 6.92 Å². The SMILES string of the molecule is CC=Nc1ccc(-c2ccc3nc(-c4ccc(C)cn4)[nH]c3c2)cc1N.CCc1nc2ccc(-c3ccc4nc(-c5ccccc5)[nH]c4c3)cc2[nH]1. The topological polar surface area (TPSA) is 137 Å². The van der Waals surface area contributed by atoms with Crippen LogP contribution in [0.25, 0.3) is 78.3 Å². The Hall–Kier alpha value is -6.87. The Kier molecular flexibility index (Phi) is 8.58. The molecular weight excluding hydrogens is 643 g/mol. The highest BCUT2D eigenvalue weighted by molar-refractivity contribution is 5.88. The lowest BCUT2D eigenvalue weighted by Gasteiger charge is -2.05. The van der Waals surface area contributed by atoms with Crippen LogP contribution < -0.4 is 5.73 Å². The van der Waals surface area contributed by atoms with E-state index in [1.807, 2.05) is 80.7 Å². The fraction of sp³-hybridized carbons (Fsp3) is 0.0930. The van der Waals surface area contributed by atoms with Crippen LogP contribution in [0.15, 0.2) is 126 Å². The maximum absolute atomic E-state index is 6.11. The molecule has 9 nitrogen and oxygen atoms in total. The molecule has 0 aliphatic carbocycles. The van der Waals surface area contributed by atoms with E-state index in [1.54, 1.807) is 6.21 Å². The van der Waals surface area contributed by atoms with Gasteiger partial charge in [0.2, 0.25) is 0 Å². The highest BCUT2D eigenvalue weighted by Crippen LogP contribution is 2.31. The van der Waals surface area contributed by atoms with Crippen LogP contribution >= 0.6 is 0 Å². The second-order valence-corrected chi connectivity index (χ2v) is 12.7. The van der Waals surface area contributed by atoms with Gasteiger partial charge in [0.25, 0.3) is 0 Å². The summed E-state index contributed by atoms with van der Waals surface area (Å²) in [6, 6.07) is 39.0. The molecule has 0 spiro atoms. The molecule has 0 saturated heterocycles. The number of imidazole rings is 3. The smallest absolute Gasteiger partial charge is 0.157 e. The molecule has 5 N–H and O–H groups in total. The van der Waals surface area contributed by atoms with E-state index in [9.17, 15) is 0 Å². The number of nitrogens with zero attached hydrogens (tertiary/aromatic N) is 5. The molecule has 9 heteroatoms. The van der Waals surface area contributed by atoms with Crippen molar-refractivity contribution in [3.8, 4) is 45.2 Å². The van der Waals surface area contributed by atoms with E-state index >= 15 is 0 Å². The molecule has 9 aromatic rings. The van der Waals surface area contributed by atoms with E-state index in [-0.39, 0.29) is 0 Å². The van der Waals surface area contributed by atoms with Crippen molar-refractivity contribution in [3.05, 3.63) is 133 Å². The maximum Gasteiger partial charge on any atom is 0.157 e. The van der Waals surface area contributed by atoms with Crippen LogP contribution in [-0.2, 0) is 6.42 Å². The Morgan fingerprint density at radius 3 is 1.79 bits per heavy atom. The summed E-state index contributed by atoms with van der Waals surface area (Å²) in [5, 5.41) is 0. The predicted molar refractivity (Wildman–Crippen MR) is 214 cm³/mol. The Morgan fingerprint density at radius 2 is 1.19 bits per heavy atom. The zero-order valence-corrected chi connectivity index (χ0v) is 29.1. The Bertz CT molecular complexity index is 2700.